The van der Waals surface area contributed by atoms with Gasteiger partial charge >= 0.3 is 0 Å². The van der Waals surface area contributed by atoms with Crippen LogP contribution in [0.2, 0.25) is 5.02 Å². The van der Waals surface area contributed by atoms with Crippen LogP contribution in [0.15, 0.2) is 59.1 Å². The second-order valence-electron chi connectivity index (χ2n) is 4.85. The van der Waals surface area contributed by atoms with E-state index in [0.717, 1.165) is 21.6 Å². The van der Waals surface area contributed by atoms with Gasteiger partial charge in [0.25, 0.3) is 0 Å². The molecule has 1 aromatic heterocycles. The Kier molecular flexibility index (Phi) is 4.04. The van der Waals surface area contributed by atoms with E-state index in [1.165, 1.54) is 17.6 Å². The lowest BCUT2D eigenvalue weighted by Crippen LogP contribution is -1.96. The Morgan fingerprint density at radius 1 is 1.05 bits per heavy atom. The summed E-state index contributed by atoms with van der Waals surface area (Å²) in [6.45, 7) is 0. The summed E-state index contributed by atoms with van der Waals surface area (Å²) in [5.74, 6) is 0. The van der Waals surface area contributed by atoms with Gasteiger partial charge in [0, 0.05) is 23.0 Å². The number of aromatic nitrogens is 1. The molecule has 0 N–H and O–H groups in total. The molecule has 0 spiro atoms. The fourth-order valence-electron chi connectivity index (χ4n) is 2.20. The van der Waals surface area contributed by atoms with Gasteiger partial charge in [0.2, 0.25) is 0 Å². The molecule has 0 aliphatic rings. The molecule has 2 aromatic carbocycles. The molecule has 3 nitrogen and oxygen atoms in total. The molecule has 22 heavy (non-hydrogen) atoms. The fourth-order valence-corrected chi connectivity index (χ4v) is 3.66. The van der Waals surface area contributed by atoms with Crippen molar-refractivity contribution in [1.82, 2.24) is 4.98 Å². The van der Waals surface area contributed by atoms with Crippen LogP contribution < -0.4 is 0 Å². The zero-order valence-corrected chi connectivity index (χ0v) is 14.0. The van der Waals surface area contributed by atoms with Gasteiger partial charge in [-0.15, -0.1) is 11.3 Å². The first kappa shape index (κ1) is 15.2. The van der Waals surface area contributed by atoms with E-state index < -0.39 is 9.84 Å². The number of nitrogens with zero attached hydrogens (tertiary/aromatic N) is 1. The Morgan fingerprint density at radius 3 is 2.36 bits per heavy atom. The molecule has 0 amide bonds. The van der Waals surface area contributed by atoms with E-state index in [1.54, 1.807) is 23.8 Å². The molecule has 6 heteroatoms. The minimum absolute atomic E-state index is 0.310. The fraction of sp³-hybridized carbons (Fsp3) is 0.0625. The Morgan fingerprint density at radius 2 is 1.77 bits per heavy atom. The van der Waals surface area contributed by atoms with Crippen molar-refractivity contribution >= 4 is 32.8 Å². The highest BCUT2D eigenvalue weighted by molar-refractivity contribution is 7.90. The summed E-state index contributed by atoms with van der Waals surface area (Å²) in [5, 5.41) is 0.653. The molecule has 0 radical (unpaired) electrons. The first-order chi connectivity index (χ1) is 10.4. The molecule has 0 fully saturated rings. The zero-order valence-electron chi connectivity index (χ0n) is 11.7. The lowest BCUT2D eigenvalue weighted by molar-refractivity contribution is 0.602. The predicted octanol–water partition coefficient (Wildman–Crippen LogP) is 4.53. The second kappa shape index (κ2) is 5.83. The number of sulfone groups is 1. The van der Waals surface area contributed by atoms with Crippen LogP contribution in [0.25, 0.3) is 21.6 Å². The monoisotopic (exact) mass is 349 g/mol. The summed E-state index contributed by atoms with van der Waals surface area (Å²) in [6, 6.07) is 12.5. The molecule has 3 aromatic rings. The van der Waals surface area contributed by atoms with Crippen LogP contribution in [-0.4, -0.2) is 19.7 Å². The highest BCUT2D eigenvalue weighted by Crippen LogP contribution is 2.36. The van der Waals surface area contributed by atoms with Gasteiger partial charge in [-0.05, 0) is 35.4 Å². The Balaban J connectivity index is 2.13. The third kappa shape index (κ3) is 3.06. The normalized spacial score (nSPS) is 11.5. The van der Waals surface area contributed by atoms with E-state index in [2.05, 4.69) is 4.98 Å². The minimum atomic E-state index is -3.19. The maximum atomic E-state index is 11.6. The van der Waals surface area contributed by atoms with Crippen molar-refractivity contribution in [3.8, 4) is 21.6 Å². The van der Waals surface area contributed by atoms with E-state index in [-0.39, 0.29) is 0 Å². The van der Waals surface area contributed by atoms with Gasteiger partial charge in [-0.1, -0.05) is 29.8 Å². The number of halogens is 1. The van der Waals surface area contributed by atoms with Crippen LogP contribution in [0.3, 0.4) is 0 Å². The lowest BCUT2D eigenvalue weighted by Gasteiger charge is -2.09. The average Bonchev–Trinajstić information content (AvgIpc) is 3.00. The number of benzene rings is 2. The summed E-state index contributed by atoms with van der Waals surface area (Å²) < 4.78 is 23.1. The molecular formula is C16H12ClNO2S2. The van der Waals surface area contributed by atoms with Gasteiger partial charge in [0.1, 0.15) is 0 Å². The molecule has 0 saturated carbocycles. The molecular weight excluding hydrogens is 338 g/mol. The Bertz CT molecular complexity index is 902. The third-order valence-electron chi connectivity index (χ3n) is 3.27. The van der Waals surface area contributed by atoms with Crippen LogP contribution in [0.5, 0.6) is 0 Å². The molecule has 1 heterocycles. The van der Waals surface area contributed by atoms with Crippen molar-refractivity contribution in [2.24, 2.45) is 0 Å². The van der Waals surface area contributed by atoms with E-state index in [0.29, 0.717) is 9.92 Å². The van der Waals surface area contributed by atoms with Crippen molar-refractivity contribution in [2.75, 3.05) is 6.26 Å². The van der Waals surface area contributed by atoms with Crippen LogP contribution in [0, 0.1) is 0 Å². The second-order valence-corrected chi connectivity index (χ2v) is 8.19. The highest BCUT2D eigenvalue weighted by Gasteiger charge is 2.11. The lowest BCUT2D eigenvalue weighted by atomic mass is 9.99. The van der Waals surface area contributed by atoms with E-state index in [1.807, 2.05) is 30.3 Å². The van der Waals surface area contributed by atoms with Crippen molar-refractivity contribution in [2.45, 2.75) is 4.90 Å². The molecule has 0 aliphatic heterocycles. The van der Waals surface area contributed by atoms with Gasteiger partial charge in [0.05, 0.1) is 15.3 Å². The van der Waals surface area contributed by atoms with E-state index in [4.69, 9.17) is 11.6 Å². The predicted molar refractivity (Wildman–Crippen MR) is 91.1 cm³/mol. The first-order valence-electron chi connectivity index (χ1n) is 6.44. The SMILES string of the molecule is CS(=O)(=O)c1ccc(-c2ccc(Cl)cc2-c2cncs2)cc1. The summed E-state index contributed by atoms with van der Waals surface area (Å²) in [4.78, 5) is 5.43. The number of hydrogen-bond donors (Lipinski definition) is 0. The quantitative estimate of drug-likeness (QED) is 0.697. The summed E-state index contributed by atoms with van der Waals surface area (Å²) >= 11 is 7.65. The van der Waals surface area contributed by atoms with Crippen molar-refractivity contribution in [1.29, 1.82) is 0 Å². The van der Waals surface area contributed by atoms with Gasteiger partial charge in [-0.25, -0.2) is 8.42 Å². The molecule has 3 rings (SSSR count). The summed E-state index contributed by atoms with van der Waals surface area (Å²) in [5.41, 5.74) is 4.69. The van der Waals surface area contributed by atoms with Crippen molar-refractivity contribution in [3.63, 3.8) is 0 Å². The topological polar surface area (TPSA) is 47.0 Å². The molecule has 0 saturated heterocycles. The van der Waals surface area contributed by atoms with Gasteiger partial charge in [0.15, 0.2) is 9.84 Å². The standard InChI is InChI=1S/C16H12ClNO2S2/c1-22(19,20)13-5-2-11(3-6-13)14-7-4-12(17)8-15(14)16-9-18-10-21-16/h2-10H,1H3. The average molecular weight is 350 g/mol. The molecule has 0 bridgehead atoms. The summed E-state index contributed by atoms with van der Waals surface area (Å²) in [6.07, 6.45) is 3.00. The van der Waals surface area contributed by atoms with Crippen molar-refractivity contribution < 1.29 is 8.42 Å². The molecule has 0 aliphatic carbocycles. The maximum absolute atomic E-state index is 11.6. The van der Waals surface area contributed by atoms with Gasteiger partial charge < -0.3 is 0 Å². The Labute approximate surface area is 138 Å². The van der Waals surface area contributed by atoms with E-state index >= 15 is 0 Å². The number of hydrogen-bond acceptors (Lipinski definition) is 4. The zero-order chi connectivity index (χ0) is 15.7. The number of thiazole rings is 1. The minimum Gasteiger partial charge on any atom is -0.252 e. The number of rotatable bonds is 3. The third-order valence-corrected chi connectivity index (χ3v) is 5.44. The first-order valence-corrected chi connectivity index (χ1v) is 9.59. The van der Waals surface area contributed by atoms with Crippen molar-refractivity contribution in [3.05, 3.63) is 59.2 Å². The maximum Gasteiger partial charge on any atom is 0.175 e. The van der Waals surface area contributed by atoms with Crippen LogP contribution >= 0.6 is 22.9 Å². The smallest absolute Gasteiger partial charge is 0.175 e. The van der Waals surface area contributed by atoms with E-state index in [9.17, 15) is 8.42 Å². The highest BCUT2D eigenvalue weighted by atomic mass is 35.5. The van der Waals surface area contributed by atoms with Crippen LogP contribution in [-0.2, 0) is 9.84 Å². The molecule has 0 atom stereocenters. The van der Waals surface area contributed by atoms with Crippen LogP contribution in [0.4, 0.5) is 0 Å². The van der Waals surface area contributed by atoms with Gasteiger partial charge in [-0.3, -0.25) is 4.98 Å². The summed E-state index contributed by atoms with van der Waals surface area (Å²) in [7, 11) is -3.19. The molecule has 112 valence electrons. The largest absolute Gasteiger partial charge is 0.252 e. The van der Waals surface area contributed by atoms with Gasteiger partial charge in [-0.2, -0.15) is 0 Å². The van der Waals surface area contributed by atoms with Crippen LogP contribution in [0.1, 0.15) is 0 Å². The molecule has 0 unspecified atom stereocenters. The Hall–Kier alpha value is -1.69.